The quantitative estimate of drug-likeness (QED) is 0.660. The van der Waals surface area contributed by atoms with Crippen molar-refractivity contribution < 1.29 is 24.8 Å². The first-order chi connectivity index (χ1) is 9.95. The summed E-state index contributed by atoms with van der Waals surface area (Å²) in [5, 5.41) is 30.2. The van der Waals surface area contributed by atoms with E-state index in [1.54, 1.807) is 6.07 Å². The molecule has 21 heavy (non-hydrogen) atoms. The van der Waals surface area contributed by atoms with Gasteiger partial charge in [0.2, 0.25) is 6.29 Å². The number of H-pyrrole nitrogens is 1. The average Bonchev–Trinajstić information content (AvgIpc) is 2.94. The molecule has 7 heteroatoms. The number of hydrogen-bond acceptors (Lipinski definition) is 5. The maximum atomic E-state index is 9.92. The van der Waals surface area contributed by atoms with E-state index < -0.39 is 30.7 Å². The van der Waals surface area contributed by atoms with Crippen molar-refractivity contribution in [1.82, 2.24) is 4.98 Å². The topological polar surface area (TPSA) is 94.9 Å². The first-order valence-corrected chi connectivity index (χ1v) is 7.39. The van der Waals surface area contributed by atoms with Crippen LogP contribution in [0.1, 0.15) is 6.92 Å². The van der Waals surface area contributed by atoms with E-state index in [-0.39, 0.29) is 0 Å². The Balaban J connectivity index is 1.79. The molecule has 1 aliphatic heterocycles. The summed E-state index contributed by atoms with van der Waals surface area (Å²) in [7, 11) is 0. The highest BCUT2D eigenvalue weighted by Crippen LogP contribution is 2.29. The van der Waals surface area contributed by atoms with Gasteiger partial charge in [-0.3, -0.25) is 0 Å². The van der Waals surface area contributed by atoms with Crippen LogP contribution in [0.4, 0.5) is 0 Å². The number of aliphatic hydroxyl groups is 3. The first-order valence-electron chi connectivity index (χ1n) is 6.60. The first kappa shape index (κ1) is 14.8. The molecule has 114 valence electrons. The number of aromatic amines is 1. The third kappa shape index (κ3) is 2.79. The fraction of sp³-hybridized carbons (Fsp3) is 0.429. The molecular weight excluding hydrogens is 342 g/mol. The van der Waals surface area contributed by atoms with Crippen LogP contribution in [0.15, 0.2) is 28.7 Å². The minimum absolute atomic E-state index is 0.422. The molecule has 2 aromatic rings. The zero-order valence-corrected chi connectivity index (χ0v) is 12.8. The normalized spacial score (nSPS) is 30.7. The van der Waals surface area contributed by atoms with Gasteiger partial charge in [0.25, 0.3) is 0 Å². The van der Waals surface area contributed by atoms with Crippen LogP contribution in [-0.4, -0.2) is 51.0 Å². The molecule has 0 bridgehead atoms. The van der Waals surface area contributed by atoms with Gasteiger partial charge in [-0.05, 0) is 25.1 Å². The van der Waals surface area contributed by atoms with Gasteiger partial charge in [-0.2, -0.15) is 0 Å². The molecular formula is C14H16BrNO5. The lowest BCUT2D eigenvalue weighted by Crippen LogP contribution is -2.38. The van der Waals surface area contributed by atoms with Crippen LogP contribution in [0.5, 0.6) is 5.88 Å². The number of rotatable bonds is 3. The molecule has 2 heterocycles. The lowest BCUT2D eigenvalue weighted by Gasteiger charge is -2.16. The molecule has 1 aromatic heterocycles. The molecule has 0 saturated carbocycles. The molecule has 4 N–H and O–H groups in total. The molecule has 0 radical (unpaired) electrons. The van der Waals surface area contributed by atoms with Crippen LogP contribution in [0.3, 0.4) is 0 Å². The number of ether oxygens (including phenoxy) is 2. The summed E-state index contributed by atoms with van der Waals surface area (Å²) in [5.41, 5.74) is 0.883. The van der Waals surface area contributed by atoms with E-state index in [9.17, 15) is 15.3 Å². The Bertz CT molecular complexity index is 643. The zero-order chi connectivity index (χ0) is 15.1. The van der Waals surface area contributed by atoms with Crippen molar-refractivity contribution in [2.45, 2.75) is 37.6 Å². The van der Waals surface area contributed by atoms with Crippen LogP contribution < -0.4 is 4.74 Å². The van der Waals surface area contributed by atoms with E-state index in [1.807, 2.05) is 18.2 Å². The summed E-state index contributed by atoms with van der Waals surface area (Å²) in [4.78, 5) is 3.05. The molecule has 1 fully saturated rings. The van der Waals surface area contributed by atoms with Gasteiger partial charge in [0.1, 0.15) is 18.3 Å². The van der Waals surface area contributed by atoms with E-state index in [1.165, 1.54) is 6.92 Å². The molecule has 1 saturated heterocycles. The fourth-order valence-electron chi connectivity index (χ4n) is 2.43. The van der Waals surface area contributed by atoms with Gasteiger partial charge in [-0.25, -0.2) is 0 Å². The highest BCUT2D eigenvalue weighted by Gasteiger charge is 2.46. The number of hydrogen-bond donors (Lipinski definition) is 4. The zero-order valence-electron chi connectivity index (χ0n) is 11.2. The number of halogens is 1. The summed E-state index contributed by atoms with van der Waals surface area (Å²) >= 11 is 3.39. The van der Waals surface area contributed by atoms with Crippen LogP contribution in [0.25, 0.3) is 10.9 Å². The predicted molar refractivity (Wildman–Crippen MR) is 79.0 cm³/mol. The molecule has 5 atom stereocenters. The van der Waals surface area contributed by atoms with E-state index in [0.29, 0.717) is 5.88 Å². The van der Waals surface area contributed by atoms with Crippen molar-refractivity contribution in [2.75, 3.05) is 0 Å². The van der Waals surface area contributed by atoms with Crippen LogP contribution in [0.2, 0.25) is 0 Å². The number of aromatic nitrogens is 1. The maximum absolute atomic E-state index is 9.92. The molecule has 0 amide bonds. The fourth-order valence-corrected chi connectivity index (χ4v) is 2.81. The third-order valence-electron chi connectivity index (χ3n) is 3.53. The SMILES string of the molecule is C[C@@H](O)[C@@H]1O[C@@H](Oc2cc3cc(Br)ccc3[nH]2)[C@H](O)[C@H]1O. The van der Waals surface area contributed by atoms with Gasteiger partial charge in [0, 0.05) is 21.4 Å². The second-order valence-electron chi connectivity index (χ2n) is 5.17. The summed E-state index contributed by atoms with van der Waals surface area (Å²) in [6.07, 6.45) is -5.21. The van der Waals surface area contributed by atoms with Crippen molar-refractivity contribution in [3.63, 3.8) is 0 Å². The Labute approximate surface area is 129 Å². The smallest absolute Gasteiger partial charge is 0.230 e. The van der Waals surface area contributed by atoms with Gasteiger partial charge in [0.15, 0.2) is 5.88 Å². The summed E-state index contributed by atoms with van der Waals surface area (Å²) < 4.78 is 11.9. The Morgan fingerprint density at radius 2 is 2.05 bits per heavy atom. The number of fused-ring (bicyclic) bond motifs is 1. The lowest BCUT2D eigenvalue weighted by molar-refractivity contribution is -0.130. The third-order valence-corrected chi connectivity index (χ3v) is 4.03. The highest BCUT2D eigenvalue weighted by molar-refractivity contribution is 9.10. The van der Waals surface area contributed by atoms with Crippen molar-refractivity contribution in [1.29, 1.82) is 0 Å². The van der Waals surface area contributed by atoms with E-state index in [4.69, 9.17) is 9.47 Å². The van der Waals surface area contributed by atoms with E-state index in [0.717, 1.165) is 15.4 Å². The Kier molecular flexibility index (Phi) is 3.94. The lowest BCUT2D eigenvalue weighted by atomic mass is 10.1. The number of aliphatic hydroxyl groups excluding tert-OH is 3. The summed E-state index contributed by atoms with van der Waals surface area (Å²) in [6.45, 7) is 1.49. The number of nitrogens with one attached hydrogen (secondary N) is 1. The summed E-state index contributed by atoms with van der Waals surface area (Å²) in [6, 6.07) is 7.50. The largest absolute Gasteiger partial charge is 0.447 e. The second-order valence-corrected chi connectivity index (χ2v) is 6.09. The highest BCUT2D eigenvalue weighted by atomic mass is 79.9. The van der Waals surface area contributed by atoms with Crippen LogP contribution >= 0.6 is 15.9 Å². The average molecular weight is 358 g/mol. The molecule has 1 aliphatic rings. The summed E-state index contributed by atoms with van der Waals surface area (Å²) in [5.74, 6) is 0.422. The van der Waals surface area contributed by atoms with Crippen LogP contribution in [-0.2, 0) is 4.74 Å². The van der Waals surface area contributed by atoms with Crippen molar-refractivity contribution in [3.05, 3.63) is 28.7 Å². The minimum atomic E-state index is -1.22. The standard InChI is InChI=1S/C14H16BrNO5/c1-6(17)13-11(18)12(19)14(21-13)20-10-5-7-4-8(15)2-3-9(7)16-10/h2-6,11-14,16-19H,1H3/t6-,11-,12-,13+,14-/m1/s1. The van der Waals surface area contributed by atoms with Gasteiger partial charge in [0.05, 0.1) is 6.10 Å². The minimum Gasteiger partial charge on any atom is -0.447 e. The molecule has 6 nitrogen and oxygen atoms in total. The van der Waals surface area contributed by atoms with Gasteiger partial charge in [-0.1, -0.05) is 15.9 Å². The number of benzene rings is 1. The molecule has 3 rings (SSSR count). The van der Waals surface area contributed by atoms with Gasteiger partial charge in [-0.15, -0.1) is 0 Å². The van der Waals surface area contributed by atoms with Crippen molar-refractivity contribution >= 4 is 26.8 Å². The predicted octanol–water partition coefficient (Wildman–Crippen LogP) is 1.14. The van der Waals surface area contributed by atoms with E-state index in [2.05, 4.69) is 20.9 Å². The van der Waals surface area contributed by atoms with Crippen molar-refractivity contribution in [3.8, 4) is 5.88 Å². The maximum Gasteiger partial charge on any atom is 0.230 e. The van der Waals surface area contributed by atoms with Crippen molar-refractivity contribution in [2.24, 2.45) is 0 Å². The Morgan fingerprint density at radius 3 is 2.71 bits per heavy atom. The van der Waals surface area contributed by atoms with Gasteiger partial charge < -0.3 is 29.8 Å². The Hall–Kier alpha value is -1.12. The second kappa shape index (κ2) is 5.58. The molecule has 0 spiro atoms. The monoisotopic (exact) mass is 357 g/mol. The van der Waals surface area contributed by atoms with Gasteiger partial charge >= 0.3 is 0 Å². The molecule has 0 unspecified atom stereocenters. The van der Waals surface area contributed by atoms with Crippen LogP contribution in [0, 0.1) is 0 Å². The molecule has 1 aromatic carbocycles. The van der Waals surface area contributed by atoms with E-state index >= 15 is 0 Å². The molecule has 0 aliphatic carbocycles. The Morgan fingerprint density at radius 1 is 1.29 bits per heavy atom.